The number of piperidine rings is 1. The molecule has 1 saturated heterocycles. The summed E-state index contributed by atoms with van der Waals surface area (Å²) >= 11 is 5.85. The average Bonchev–Trinajstić information content (AvgIpc) is 2.41. The third-order valence-electron chi connectivity index (χ3n) is 3.76. The Balaban J connectivity index is 2.30. The predicted molar refractivity (Wildman–Crippen MR) is 82.0 cm³/mol. The van der Waals surface area contributed by atoms with E-state index < -0.39 is 16.4 Å². The number of nitro groups is 1. The highest BCUT2D eigenvalue weighted by Crippen LogP contribution is 2.32. The summed E-state index contributed by atoms with van der Waals surface area (Å²) in [5, 5.41) is 27.4. The van der Waals surface area contributed by atoms with Crippen LogP contribution < -0.4 is 0 Å². The number of hydrogen-bond donors (Lipinski definition) is 1. The number of nitro benzene ring substituents is 1. The van der Waals surface area contributed by atoms with E-state index in [0.717, 1.165) is 18.9 Å². The molecule has 0 saturated carbocycles. The SMILES string of the molecule is C[C@@H]1CCC[C@H](C)N1/N=C/c1cc(Cl)cc([N+](=O)[O-])c1O. The van der Waals surface area contributed by atoms with Gasteiger partial charge in [0.05, 0.1) is 11.1 Å². The second kappa shape index (κ2) is 6.30. The van der Waals surface area contributed by atoms with Crippen molar-refractivity contribution in [3.8, 4) is 5.75 Å². The van der Waals surface area contributed by atoms with E-state index in [9.17, 15) is 15.2 Å². The molecule has 1 N–H and O–H groups in total. The van der Waals surface area contributed by atoms with Crippen LogP contribution in [-0.4, -0.2) is 33.3 Å². The highest BCUT2D eigenvalue weighted by atomic mass is 35.5. The molecule has 2 rings (SSSR count). The van der Waals surface area contributed by atoms with E-state index in [-0.39, 0.29) is 10.6 Å². The molecule has 1 aliphatic rings. The summed E-state index contributed by atoms with van der Waals surface area (Å²) in [6, 6.07) is 3.20. The van der Waals surface area contributed by atoms with Crippen molar-refractivity contribution in [3.05, 3.63) is 32.8 Å². The molecular formula is C14H18ClN3O3. The number of hydrogen-bond acceptors (Lipinski definition) is 5. The van der Waals surface area contributed by atoms with Gasteiger partial charge in [-0.05, 0) is 39.2 Å². The first kappa shape index (κ1) is 15.6. The van der Waals surface area contributed by atoms with Crippen molar-refractivity contribution in [1.29, 1.82) is 0 Å². The second-order valence-corrected chi connectivity index (χ2v) is 5.81. The minimum absolute atomic E-state index is 0.195. The molecule has 1 heterocycles. The molecule has 1 aromatic carbocycles. The van der Waals surface area contributed by atoms with E-state index in [4.69, 9.17) is 11.6 Å². The molecule has 0 amide bonds. The first-order valence-corrected chi connectivity index (χ1v) is 7.27. The number of hydrazone groups is 1. The van der Waals surface area contributed by atoms with E-state index in [1.54, 1.807) is 0 Å². The molecule has 0 aliphatic carbocycles. The Morgan fingerprint density at radius 2 is 2.05 bits per heavy atom. The molecule has 1 aromatic rings. The number of rotatable bonds is 3. The molecule has 6 nitrogen and oxygen atoms in total. The van der Waals surface area contributed by atoms with Crippen LogP contribution in [0.1, 0.15) is 38.7 Å². The number of aromatic hydroxyl groups is 1. The molecule has 0 bridgehead atoms. The third-order valence-corrected chi connectivity index (χ3v) is 3.98. The second-order valence-electron chi connectivity index (χ2n) is 5.37. The van der Waals surface area contributed by atoms with Crippen molar-refractivity contribution in [2.24, 2.45) is 5.10 Å². The lowest BCUT2D eigenvalue weighted by atomic mass is 10.00. The van der Waals surface area contributed by atoms with Crippen molar-refractivity contribution >= 4 is 23.5 Å². The molecule has 0 aromatic heterocycles. The maximum atomic E-state index is 10.9. The van der Waals surface area contributed by atoms with E-state index in [2.05, 4.69) is 18.9 Å². The zero-order valence-electron chi connectivity index (χ0n) is 12.0. The van der Waals surface area contributed by atoms with E-state index in [1.165, 1.54) is 18.7 Å². The first-order valence-electron chi connectivity index (χ1n) is 6.89. The van der Waals surface area contributed by atoms with Crippen molar-refractivity contribution < 1.29 is 10.0 Å². The molecule has 0 radical (unpaired) electrons. The smallest absolute Gasteiger partial charge is 0.312 e. The van der Waals surface area contributed by atoms with Gasteiger partial charge in [0.15, 0.2) is 0 Å². The van der Waals surface area contributed by atoms with Gasteiger partial charge in [-0.25, -0.2) is 0 Å². The van der Waals surface area contributed by atoms with Gasteiger partial charge in [-0.15, -0.1) is 0 Å². The van der Waals surface area contributed by atoms with Gasteiger partial charge >= 0.3 is 5.69 Å². The summed E-state index contributed by atoms with van der Waals surface area (Å²) in [4.78, 5) is 10.2. The van der Waals surface area contributed by atoms with Gasteiger partial charge in [0.2, 0.25) is 5.75 Å². The molecule has 21 heavy (non-hydrogen) atoms. The lowest BCUT2D eigenvalue weighted by Crippen LogP contribution is -2.39. The standard InChI is InChI=1S/C14H18ClN3O3/c1-9-4-3-5-10(2)17(9)16-8-11-6-12(15)7-13(14(11)19)18(20)21/h6-10,19H,3-5H2,1-2H3/b16-8+/t9-,10+. The Bertz CT molecular complexity index is 567. The van der Waals surface area contributed by atoms with Gasteiger partial charge < -0.3 is 5.11 Å². The molecule has 2 atom stereocenters. The number of halogens is 1. The lowest BCUT2D eigenvalue weighted by Gasteiger charge is -2.36. The number of benzene rings is 1. The van der Waals surface area contributed by atoms with Crippen LogP contribution in [0.2, 0.25) is 5.02 Å². The highest BCUT2D eigenvalue weighted by molar-refractivity contribution is 6.31. The summed E-state index contributed by atoms with van der Waals surface area (Å²) in [5.74, 6) is -0.412. The summed E-state index contributed by atoms with van der Waals surface area (Å²) in [5.41, 5.74) is -0.164. The number of phenolic OH excluding ortho intramolecular Hbond substituents is 1. The molecular weight excluding hydrogens is 294 g/mol. The normalized spacial score (nSPS) is 22.7. The van der Waals surface area contributed by atoms with Crippen LogP contribution in [0.5, 0.6) is 5.75 Å². The monoisotopic (exact) mass is 311 g/mol. The fourth-order valence-electron chi connectivity index (χ4n) is 2.61. The van der Waals surface area contributed by atoms with Gasteiger partial charge in [-0.2, -0.15) is 5.10 Å². The van der Waals surface area contributed by atoms with Gasteiger partial charge in [-0.1, -0.05) is 11.6 Å². The maximum Gasteiger partial charge on any atom is 0.312 e. The maximum absolute atomic E-state index is 10.9. The Labute approximate surface area is 128 Å². The van der Waals surface area contributed by atoms with Crippen LogP contribution in [-0.2, 0) is 0 Å². The van der Waals surface area contributed by atoms with Gasteiger partial charge in [0.1, 0.15) is 0 Å². The van der Waals surface area contributed by atoms with Crippen LogP contribution in [0.4, 0.5) is 5.69 Å². The number of phenols is 1. The molecule has 7 heteroatoms. The quantitative estimate of drug-likeness (QED) is 0.526. The molecule has 114 valence electrons. The van der Waals surface area contributed by atoms with Crippen LogP contribution >= 0.6 is 11.6 Å². The van der Waals surface area contributed by atoms with E-state index in [1.807, 2.05) is 5.01 Å². The summed E-state index contributed by atoms with van der Waals surface area (Å²) in [7, 11) is 0. The van der Waals surface area contributed by atoms with Crippen molar-refractivity contribution in [1.82, 2.24) is 5.01 Å². The Morgan fingerprint density at radius 1 is 1.43 bits per heavy atom. The van der Waals surface area contributed by atoms with Crippen molar-refractivity contribution in [3.63, 3.8) is 0 Å². The Kier molecular flexibility index (Phi) is 4.67. The largest absolute Gasteiger partial charge is 0.502 e. The van der Waals surface area contributed by atoms with Crippen molar-refractivity contribution in [2.75, 3.05) is 0 Å². The molecule has 1 aliphatic heterocycles. The van der Waals surface area contributed by atoms with E-state index >= 15 is 0 Å². The topological polar surface area (TPSA) is 79.0 Å². The minimum atomic E-state index is -0.662. The van der Waals surface area contributed by atoms with Crippen molar-refractivity contribution in [2.45, 2.75) is 45.2 Å². The highest BCUT2D eigenvalue weighted by Gasteiger charge is 2.23. The fourth-order valence-corrected chi connectivity index (χ4v) is 2.83. The molecule has 0 unspecified atom stereocenters. The summed E-state index contributed by atoms with van der Waals surface area (Å²) < 4.78 is 0. The van der Waals surface area contributed by atoms with Gasteiger partial charge in [0.25, 0.3) is 0 Å². The van der Waals surface area contributed by atoms with Crippen LogP contribution in [0, 0.1) is 10.1 Å². The van der Waals surface area contributed by atoms with Crippen LogP contribution in [0.25, 0.3) is 0 Å². The molecule has 0 spiro atoms. The summed E-state index contributed by atoms with van der Waals surface area (Å²) in [6.07, 6.45) is 4.72. The number of nitrogens with zero attached hydrogens (tertiary/aromatic N) is 3. The third kappa shape index (κ3) is 3.44. The zero-order valence-corrected chi connectivity index (χ0v) is 12.7. The Hall–Kier alpha value is -1.82. The van der Waals surface area contributed by atoms with Gasteiger partial charge in [-0.3, -0.25) is 15.1 Å². The fraction of sp³-hybridized carbons (Fsp3) is 0.500. The average molecular weight is 312 g/mol. The predicted octanol–water partition coefficient (Wildman–Crippen LogP) is 3.55. The summed E-state index contributed by atoms with van der Waals surface area (Å²) in [6.45, 7) is 4.18. The van der Waals surface area contributed by atoms with Crippen LogP contribution in [0.15, 0.2) is 17.2 Å². The Morgan fingerprint density at radius 3 is 2.62 bits per heavy atom. The first-order chi connectivity index (χ1) is 9.90. The van der Waals surface area contributed by atoms with E-state index in [0.29, 0.717) is 12.1 Å². The lowest BCUT2D eigenvalue weighted by molar-refractivity contribution is -0.385. The minimum Gasteiger partial charge on any atom is -0.502 e. The van der Waals surface area contributed by atoms with Crippen LogP contribution in [0.3, 0.4) is 0 Å². The van der Waals surface area contributed by atoms with Gasteiger partial charge in [0, 0.05) is 28.7 Å². The zero-order chi connectivity index (χ0) is 15.6. The molecule has 1 fully saturated rings.